The Labute approximate surface area is 67.9 Å². The Morgan fingerprint density at radius 1 is 1.09 bits per heavy atom. The molecule has 0 rings (SSSR count). The molecular formula is C6H12F4S. The van der Waals surface area contributed by atoms with E-state index in [9.17, 15) is 13.2 Å². The first-order valence-electron chi connectivity index (χ1n) is 2.91. The molecule has 0 aromatic heterocycles. The molecule has 5 heteroatoms. The lowest BCUT2D eigenvalue weighted by Gasteiger charge is -2.18. The van der Waals surface area contributed by atoms with E-state index in [2.05, 4.69) is 0 Å². The fourth-order valence-corrected chi connectivity index (χ4v) is 0.895. The van der Waals surface area contributed by atoms with Crippen molar-refractivity contribution >= 4 is 11.8 Å². The van der Waals surface area contributed by atoms with Gasteiger partial charge in [0, 0.05) is 4.75 Å². The van der Waals surface area contributed by atoms with Gasteiger partial charge in [-0.15, -0.1) is 11.8 Å². The summed E-state index contributed by atoms with van der Waals surface area (Å²) in [6, 6.07) is 0. The number of hydrogen-bond donors (Lipinski definition) is 0. The summed E-state index contributed by atoms with van der Waals surface area (Å²) in [5.41, 5.74) is 0. The Morgan fingerprint density at radius 3 is 1.55 bits per heavy atom. The van der Waals surface area contributed by atoms with E-state index in [-0.39, 0.29) is 9.45 Å². The number of halogens is 4. The summed E-state index contributed by atoms with van der Waals surface area (Å²) in [7, 11) is 0. The quantitative estimate of drug-likeness (QED) is 0.575. The molecule has 0 bridgehead atoms. The van der Waals surface area contributed by atoms with Crippen LogP contribution in [-0.2, 0) is 0 Å². The minimum absolute atomic E-state index is 0. The fourth-order valence-electron chi connectivity index (χ4n) is 0.298. The third-order valence-corrected chi connectivity index (χ3v) is 2.01. The third kappa shape index (κ3) is 13.1. The highest BCUT2D eigenvalue weighted by molar-refractivity contribution is 8.00. The molecule has 0 spiro atoms. The molecule has 0 aliphatic heterocycles. The van der Waals surface area contributed by atoms with E-state index in [1.54, 1.807) is 20.8 Å². The second-order valence-electron chi connectivity index (χ2n) is 3.02. The van der Waals surface area contributed by atoms with Gasteiger partial charge in [-0.25, -0.2) is 0 Å². The summed E-state index contributed by atoms with van der Waals surface area (Å²) in [6.45, 7) is 5.30. The van der Waals surface area contributed by atoms with Crippen LogP contribution in [0, 0.1) is 0 Å². The zero-order chi connectivity index (χ0) is 8.41. The third-order valence-electron chi connectivity index (χ3n) is 0.669. The number of thioether (sulfide) groups is 1. The molecule has 0 saturated heterocycles. The van der Waals surface area contributed by atoms with Crippen LogP contribution in [-0.4, -0.2) is 16.7 Å². The summed E-state index contributed by atoms with van der Waals surface area (Å²) >= 11 is 0.916. The van der Waals surface area contributed by atoms with Crippen molar-refractivity contribution in [2.45, 2.75) is 31.7 Å². The molecule has 70 valence electrons. The summed E-state index contributed by atoms with van der Waals surface area (Å²) in [6.07, 6.45) is -4.03. The van der Waals surface area contributed by atoms with Crippen molar-refractivity contribution in [3.05, 3.63) is 0 Å². The van der Waals surface area contributed by atoms with E-state index in [1.807, 2.05) is 0 Å². The van der Waals surface area contributed by atoms with Crippen molar-refractivity contribution in [1.82, 2.24) is 0 Å². The van der Waals surface area contributed by atoms with Crippen LogP contribution in [0.5, 0.6) is 0 Å². The Balaban J connectivity index is 0. The number of rotatable bonds is 1. The maximum Gasteiger partial charge on any atom is 0.397 e. The highest BCUT2D eigenvalue weighted by atomic mass is 32.2. The summed E-state index contributed by atoms with van der Waals surface area (Å²) < 4.78 is 34.4. The fraction of sp³-hybridized carbons (Fsp3) is 1.00. The Morgan fingerprint density at radius 2 is 1.45 bits per heavy atom. The number of alkyl halides is 3. The standard InChI is InChI=1S/C6H11F3S.FH/c1-5(2,3)10-4-6(7,8)9;/h4H2,1-3H3;1H. The average Bonchev–Trinajstić information content (AvgIpc) is 1.57. The van der Waals surface area contributed by atoms with E-state index < -0.39 is 11.9 Å². The lowest BCUT2D eigenvalue weighted by Crippen LogP contribution is -2.17. The van der Waals surface area contributed by atoms with Crippen LogP contribution in [0.1, 0.15) is 20.8 Å². The van der Waals surface area contributed by atoms with Crippen LogP contribution in [0.3, 0.4) is 0 Å². The molecule has 0 fully saturated rings. The molecule has 0 aliphatic carbocycles. The summed E-state index contributed by atoms with van der Waals surface area (Å²) in [5, 5.41) is 0. The molecule has 0 aromatic rings. The van der Waals surface area contributed by atoms with Crippen LogP contribution in [0.25, 0.3) is 0 Å². The van der Waals surface area contributed by atoms with Crippen molar-refractivity contribution in [2.24, 2.45) is 0 Å². The van der Waals surface area contributed by atoms with Gasteiger partial charge < -0.3 is 0 Å². The van der Waals surface area contributed by atoms with Gasteiger partial charge in [-0.1, -0.05) is 20.8 Å². The molecule has 0 aromatic carbocycles. The number of hydrogen-bond acceptors (Lipinski definition) is 1. The van der Waals surface area contributed by atoms with Crippen molar-refractivity contribution in [3.63, 3.8) is 0 Å². The van der Waals surface area contributed by atoms with Gasteiger partial charge >= 0.3 is 6.18 Å². The van der Waals surface area contributed by atoms with Gasteiger partial charge in [-0.05, 0) is 0 Å². The molecule has 0 heterocycles. The van der Waals surface area contributed by atoms with Crippen molar-refractivity contribution in [2.75, 3.05) is 5.75 Å². The van der Waals surface area contributed by atoms with Crippen LogP contribution in [0.2, 0.25) is 0 Å². The van der Waals surface area contributed by atoms with Crippen LogP contribution >= 0.6 is 11.8 Å². The minimum Gasteiger partial charge on any atom is -0.269 e. The normalized spacial score (nSPS) is 12.5. The highest BCUT2D eigenvalue weighted by Gasteiger charge is 2.29. The molecular weight excluding hydrogens is 180 g/mol. The van der Waals surface area contributed by atoms with Crippen LogP contribution < -0.4 is 0 Å². The first-order chi connectivity index (χ1) is 4.21. The van der Waals surface area contributed by atoms with Gasteiger partial charge in [0.25, 0.3) is 0 Å². The maximum absolute atomic E-state index is 11.6. The molecule has 0 N–H and O–H groups in total. The minimum atomic E-state index is -4.03. The summed E-state index contributed by atoms with van der Waals surface area (Å²) in [4.78, 5) is 0. The van der Waals surface area contributed by atoms with E-state index in [4.69, 9.17) is 0 Å². The maximum atomic E-state index is 11.6. The molecule has 0 atom stereocenters. The smallest absolute Gasteiger partial charge is 0.269 e. The van der Waals surface area contributed by atoms with E-state index in [1.165, 1.54) is 0 Å². The van der Waals surface area contributed by atoms with Gasteiger partial charge in [0.1, 0.15) is 0 Å². The molecule has 11 heavy (non-hydrogen) atoms. The molecule has 0 amide bonds. The lowest BCUT2D eigenvalue weighted by atomic mass is 10.3. The molecule has 0 radical (unpaired) electrons. The molecule has 0 unspecified atom stereocenters. The van der Waals surface area contributed by atoms with Gasteiger partial charge in [0.2, 0.25) is 0 Å². The van der Waals surface area contributed by atoms with Gasteiger partial charge in [0.15, 0.2) is 0 Å². The van der Waals surface area contributed by atoms with Gasteiger partial charge in [0.05, 0.1) is 5.75 Å². The van der Waals surface area contributed by atoms with Gasteiger partial charge in [-0.3, -0.25) is 4.70 Å². The van der Waals surface area contributed by atoms with Gasteiger partial charge in [-0.2, -0.15) is 13.2 Å². The predicted molar refractivity (Wildman–Crippen MR) is 40.8 cm³/mol. The zero-order valence-corrected chi connectivity index (χ0v) is 7.47. The van der Waals surface area contributed by atoms with E-state index in [0.717, 1.165) is 11.8 Å². The van der Waals surface area contributed by atoms with Crippen molar-refractivity contribution < 1.29 is 17.9 Å². The van der Waals surface area contributed by atoms with Crippen LogP contribution in [0.15, 0.2) is 0 Å². The molecule has 0 nitrogen and oxygen atoms in total. The largest absolute Gasteiger partial charge is 0.397 e. The van der Waals surface area contributed by atoms with Crippen LogP contribution in [0.4, 0.5) is 17.9 Å². The highest BCUT2D eigenvalue weighted by Crippen LogP contribution is 2.30. The Bertz CT molecular complexity index is 88.1. The van der Waals surface area contributed by atoms with E-state index in [0.29, 0.717) is 0 Å². The SMILES string of the molecule is CC(C)(C)SCC(F)(F)F.F. The topological polar surface area (TPSA) is 0 Å². The molecule has 0 saturated carbocycles. The molecule has 0 aliphatic rings. The lowest BCUT2D eigenvalue weighted by molar-refractivity contribution is -0.105. The average molecular weight is 192 g/mol. The second kappa shape index (κ2) is 4.18. The Hall–Kier alpha value is 0.0700. The predicted octanol–water partition coefficient (Wildman–Crippen LogP) is 3.23. The van der Waals surface area contributed by atoms with Crippen molar-refractivity contribution in [1.29, 1.82) is 0 Å². The zero-order valence-electron chi connectivity index (χ0n) is 6.66. The van der Waals surface area contributed by atoms with E-state index >= 15 is 0 Å². The summed E-state index contributed by atoms with van der Waals surface area (Å²) in [5.74, 6) is -0.753. The second-order valence-corrected chi connectivity index (χ2v) is 4.82. The monoisotopic (exact) mass is 192 g/mol. The first kappa shape index (κ1) is 13.6. The first-order valence-corrected chi connectivity index (χ1v) is 3.90. The Kier molecular flexibility index (Phi) is 5.19. The van der Waals surface area contributed by atoms with Crippen molar-refractivity contribution in [3.8, 4) is 0 Å².